The average molecular weight is 182 g/mol. The van der Waals surface area contributed by atoms with E-state index in [1.54, 1.807) is 6.26 Å². The number of ketones is 1. The molecule has 0 aromatic heterocycles. The van der Waals surface area contributed by atoms with Gasteiger partial charge in [0, 0.05) is 12.0 Å². The first-order valence-corrected chi connectivity index (χ1v) is 4.89. The Morgan fingerprint density at radius 2 is 2.23 bits per heavy atom. The van der Waals surface area contributed by atoms with Crippen LogP contribution in [0.15, 0.2) is 11.8 Å². The van der Waals surface area contributed by atoms with Gasteiger partial charge in [-0.3, -0.25) is 4.79 Å². The van der Waals surface area contributed by atoms with Gasteiger partial charge in [-0.2, -0.15) is 0 Å². The van der Waals surface area contributed by atoms with E-state index in [2.05, 4.69) is 13.8 Å². The minimum Gasteiger partial charge on any atom is -0.501 e. The molecule has 1 fully saturated rings. The summed E-state index contributed by atoms with van der Waals surface area (Å²) in [6.45, 7) is 6.95. The van der Waals surface area contributed by atoms with E-state index in [0.29, 0.717) is 13.0 Å². The van der Waals surface area contributed by atoms with Gasteiger partial charge in [0.25, 0.3) is 0 Å². The lowest BCUT2D eigenvalue weighted by atomic mass is 9.75. The van der Waals surface area contributed by atoms with E-state index in [4.69, 9.17) is 4.74 Å². The van der Waals surface area contributed by atoms with E-state index >= 15 is 0 Å². The Morgan fingerprint density at radius 1 is 1.54 bits per heavy atom. The molecule has 0 aromatic rings. The van der Waals surface area contributed by atoms with Crippen LogP contribution in [0.2, 0.25) is 0 Å². The van der Waals surface area contributed by atoms with Gasteiger partial charge in [0.15, 0.2) is 5.78 Å². The van der Waals surface area contributed by atoms with Crippen LogP contribution in [0.4, 0.5) is 0 Å². The van der Waals surface area contributed by atoms with Crippen molar-refractivity contribution in [2.45, 2.75) is 40.0 Å². The molecule has 0 atom stereocenters. The lowest BCUT2D eigenvalue weighted by Gasteiger charge is -2.29. The van der Waals surface area contributed by atoms with Gasteiger partial charge in [0.2, 0.25) is 0 Å². The van der Waals surface area contributed by atoms with Gasteiger partial charge in [-0.1, -0.05) is 13.8 Å². The molecule has 1 rings (SSSR count). The van der Waals surface area contributed by atoms with Crippen molar-refractivity contribution < 1.29 is 9.53 Å². The third-order valence-electron chi connectivity index (χ3n) is 2.45. The minimum atomic E-state index is 0.257. The summed E-state index contributed by atoms with van der Waals surface area (Å²) >= 11 is 0. The van der Waals surface area contributed by atoms with Gasteiger partial charge in [-0.05, 0) is 25.2 Å². The van der Waals surface area contributed by atoms with Crippen molar-refractivity contribution in [1.82, 2.24) is 0 Å². The summed E-state index contributed by atoms with van der Waals surface area (Å²) in [4.78, 5) is 11.4. The van der Waals surface area contributed by atoms with E-state index in [0.717, 1.165) is 18.4 Å². The van der Waals surface area contributed by atoms with E-state index in [1.165, 1.54) is 0 Å². The molecule has 0 aromatic carbocycles. The van der Waals surface area contributed by atoms with Crippen LogP contribution in [0.5, 0.6) is 0 Å². The van der Waals surface area contributed by atoms with Crippen LogP contribution in [-0.4, -0.2) is 12.4 Å². The molecule has 2 heteroatoms. The summed E-state index contributed by atoms with van der Waals surface area (Å²) in [5.41, 5.74) is 1.12. The molecule has 0 heterocycles. The second kappa shape index (κ2) is 3.95. The molecule has 0 aliphatic heterocycles. The zero-order chi connectivity index (χ0) is 9.90. The highest BCUT2D eigenvalue weighted by Crippen LogP contribution is 2.36. The molecule has 0 amide bonds. The second-order valence-corrected chi connectivity index (χ2v) is 4.36. The first-order chi connectivity index (χ1) is 6.05. The highest BCUT2D eigenvalue weighted by molar-refractivity contribution is 5.95. The topological polar surface area (TPSA) is 26.3 Å². The Hall–Kier alpha value is -0.790. The van der Waals surface area contributed by atoms with Crippen LogP contribution >= 0.6 is 0 Å². The number of allylic oxidation sites excluding steroid dienone is 1. The number of hydrogen-bond acceptors (Lipinski definition) is 2. The molecule has 0 saturated heterocycles. The van der Waals surface area contributed by atoms with Gasteiger partial charge in [-0.15, -0.1) is 0 Å². The zero-order valence-electron chi connectivity index (χ0n) is 8.72. The molecule has 0 radical (unpaired) electrons. The van der Waals surface area contributed by atoms with Crippen molar-refractivity contribution in [2.75, 3.05) is 6.61 Å². The molecule has 0 unspecified atom stereocenters. The van der Waals surface area contributed by atoms with Gasteiger partial charge in [0.1, 0.15) is 0 Å². The van der Waals surface area contributed by atoms with Gasteiger partial charge in [-0.25, -0.2) is 0 Å². The quantitative estimate of drug-likeness (QED) is 0.485. The van der Waals surface area contributed by atoms with Crippen molar-refractivity contribution in [3.8, 4) is 0 Å². The Balaban J connectivity index is 2.66. The Bertz CT molecular complexity index is 226. The van der Waals surface area contributed by atoms with Crippen molar-refractivity contribution >= 4 is 5.78 Å². The molecule has 13 heavy (non-hydrogen) atoms. The molecule has 0 N–H and O–H groups in total. The third kappa shape index (κ3) is 2.87. The maximum atomic E-state index is 11.4. The highest BCUT2D eigenvalue weighted by atomic mass is 16.5. The summed E-state index contributed by atoms with van der Waals surface area (Å²) in [6, 6.07) is 0. The first kappa shape index (κ1) is 10.3. The van der Waals surface area contributed by atoms with Gasteiger partial charge in [0.05, 0.1) is 12.9 Å². The Morgan fingerprint density at radius 3 is 2.85 bits per heavy atom. The van der Waals surface area contributed by atoms with E-state index in [1.807, 2.05) is 6.92 Å². The van der Waals surface area contributed by atoms with E-state index < -0.39 is 0 Å². The van der Waals surface area contributed by atoms with E-state index in [9.17, 15) is 4.79 Å². The molecule has 1 aliphatic carbocycles. The van der Waals surface area contributed by atoms with Crippen LogP contribution in [0.25, 0.3) is 0 Å². The van der Waals surface area contributed by atoms with E-state index in [-0.39, 0.29) is 11.2 Å². The molecule has 0 bridgehead atoms. The highest BCUT2D eigenvalue weighted by Gasteiger charge is 2.29. The minimum absolute atomic E-state index is 0.257. The Labute approximate surface area is 80.0 Å². The molecule has 1 aliphatic rings. The number of carbonyl (C=O) groups excluding carboxylic acids is 1. The number of rotatable bonds is 2. The lowest BCUT2D eigenvalue weighted by molar-refractivity contribution is -0.117. The molecule has 74 valence electrons. The fourth-order valence-electron chi connectivity index (χ4n) is 1.61. The average Bonchev–Trinajstić information content (AvgIpc) is 2.07. The SMILES string of the molecule is CCOC=C1CC(C)(C)CCC1=O. The maximum Gasteiger partial charge on any atom is 0.161 e. The molecular weight excluding hydrogens is 164 g/mol. The summed E-state index contributed by atoms with van der Waals surface area (Å²) in [5, 5.41) is 0. The van der Waals surface area contributed by atoms with Gasteiger partial charge >= 0.3 is 0 Å². The maximum absolute atomic E-state index is 11.4. The second-order valence-electron chi connectivity index (χ2n) is 4.36. The first-order valence-electron chi connectivity index (χ1n) is 4.89. The zero-order valence-corrected chi connectivity index (χ0v) is 8.72. The van der Waals surface area contributed by atoms with Crippen LogP contribution in [0.1, 0.15) is 40.0 Å². The van der Waals surface area contributed by atoms with Crippen molar-refractivity contribution in [1.29, 1.82) is 0 Å². The Kier molecular flexibility index (Phi) is 3.12. The lowest BCUT2D eigenvalue weighted by Crippen LogP contribution is -2.23. The summed E-state index contributed by atoms with van der Waals surface area (Å²) in [5.74, 6) is 0.257. The fourth-order valence-corrected chi connectivity index (χ4v) is 1.61. The van der Waals surface area contributed by atoms with Crippen molar-refractivity contribution in [2.24, 2.45) is 5.41 Å². The van der Waals surface area contributed by atoms with Crippen molar-refractivity contribution in [3.63, 3.8) is 0 Å². The largest absolute Gasteiger partial charge is 0.501 e. The summed E-state index contributed by atoms with van der Waals surface area (Å²) < 4.78 is 5.15. The van der Waals surface area contributed by atoms with Crippen molar-refractivity contribution in [3.05, 3.63) is 11.8 Å². The fraction of sp³-hybridized carbons (Fsp3) is 0.727. The van der Waals surface area contributed by atoms with Gasteiger partial charge < -0.3 is 4.74 Å². The summed E-state index contributed by atoms with van der Waals surface area (Å²) in [6.07, 6.45) is 4.16. The predicted octanol–water partition coefficient (Wildman–Crippen LogP) is 2.69. The number of hydrogen-bond donors (Lipinski definition) is 0. The monoisotopic (exact) mass is 182 g/mol. The molecule has 2 nitrogen and oxygen atoms in total. The number of carbonyl (C=O) groups is 1. The molecule has 1 saturated carbocycles. The van der Waals surface area contributed by atoms with Crippen LogP contribution in [0.3, 0.4) is 0 Å². The van der Waals surface area contributed by atoms with Crippen LogP contribution < -0.4 is 0 Å². The van der Waals surface area contributed by atoms with Crippen LogP contribution in [-0.2, 0) is 9.53 Å². The third-order valence-corrected chi connectivity index (χ3v) is 2.45. The van der Waals surface area contributed by atoms with Crippen LogP contribution in [0, 0.1) is 5.41 Å². The molecular formula is C11H18O2. The number of Topliss-reactive ketones (excluding diaryl/α,β-unsaturated/α-hetero) is 1. The standard InChI is InChI=1S/C11H18O2/c1-4-13-8-9-7-11(2,3)6-5-10(9)12/h8H,4-7H2,1-3H3. The normalized spacial score (nSPS) is 24.8. The summed E-state index contributed by atoms with van der Waals surface area (Å²) in [7, 11) is 0. The number of ether oxygens (including phenoxy) is 1. The molecule has 0 spiro atoms. The smallest absolute Gasteiger partial charge is 0.161 e. The predicted molar refractivity (Wildman–Crippen MR) is 52.3 cm³/mol.